The molecule has 0 unspecified atom stereocenters. The van der Waals surface area contributed by atoms with Gasteiger partial charge in [-0.05, 0) is 6.92 Å². The molecule has 0 aliphatic carbocycles. The van der Waals surface area contributed by atoms with Crippen molar-refractivity contribution < 1.29 is 13.2 Å². The second-order valence-electron chi connectivity index (χ2n) is 3.38. The third-order valence-electron chi connectivity index (χ3n) is 1.92. The highest BCUT2D eigenvalue weighted by Crippen LogP contribution is 2.14. The number of benzene rings is 1. The zero-order chi connectivity index (χ0) is 11.6. The van der Waals surface area contributed by atoms with Gasteiger partial charge in [0.2, 0.25) is 0 Å². The lowest BCUT2D eigenvalue weighted by molar-refractivity contribution is 0.101. The minimum atomic E-state index is -3.54. The Balaban J connectivity index is 3.01. The molecule has 0 radical (unpaired) electrons. The normalized spacial score (nSPS) is 13.5. The number of hydrogen-bond donors (Lipinski definition) is 0. The highest BCUT2D eigenvalue weighted by atomic mass is 35.5. The van der Waals surface area contributed by atoms with E-state index in [0.29, 0.717) is 5.56 Å². The van der Waals surface area contributed by atoms with E-state index in [9.17, 15) is 13.2 Å². The Morgan fingerprint density at radius 1 is 1.27 bits per heavy atom. The van der Waals surface area contributed by atoms with Gasteiger partial charge in [-0.25, -0.2) is 8.42 Å². The summed E-state index contributed by atoms with van der Waals surface area (Å²) in [4.78, 5) is 11.6. The molecule has 0 aliphatic heterocycles. The molecular formula is C10H11ClO3S. The Bertz CT molecular complexity index is 462. The molecule has 0 bridgehead atoms. The van der Waals surface area contributed by atoms with Crippen molar-refractivity contribution in [2.45, 2.75) is 11.6 Å². The molecule has 1 aromatic carbocycles. The van der Waals surface area contributed by atoms with Crippen LogP contribution in [0.25, 0.3) is 0 Å². The molecule has 82 valence electrons. The summed E-state index contributed by atoms with van der Waals surface area (Å²) < 4.78 is 20.6. The average Bonchev–Trinajstić information content (AvgIpc) is 2.15. The molecule has 0 fully saturated rings. The number of Topliss-reactive ketones (excluding diaryl/α,β-unsaturated/α-hetero) is 1. The van der Waals surface area contributed by atoms with Gasteiger partial charge in [-0.3, -0.25) is 4.79 Å². The van der Waals surface area contributed by atoms with E-state index in [1.165, 1.54) is 0 Å². The van der Waals surface area contributed by atoms with Crippen LogP contribution in [0, 0.1) is 6.92 Å². The van der Waals surface area contributed by atoms with Gasteiger partial charge in [-0.1, -0.05) is 41.4 Å². The molecule has 0 saturated heterocycles. The Labute approximate surface area is 94.0 Å². The summed E-state index contributed by atoms with van der Waals surface area (Å²) >= 11 is 5.54. The van der Waals surface area contributed by atoms with Crippen LogP contribution in [0.1, 0.15) is 15.9 Å². The van der Waals surface area contributed by atoms with Gasteiger partial charge in [0.25, 0.3) is 0 Å². The number of carbonyl (C=O) groups excluding carboxylic acids is 1. The van der Waals surface area contributed by atoms with Crippen LogP contribution in [0.3, 0.4) is 0 Å². The average molecular weight is 247 g/mol. The Hall–Kier alpha value is -0.870. The lowest BCUT2D eigenvalue weighted by Gasteiger charge is -2.06. The van der Waals surface area contributed by atoms with E-state index in [2.05, 4.69) is 0 Å². The van der Waals surface area contributed by atoms with Crippen molar-refractivity contribution >= 4 is 27.2 Å². The van der Waals surface area contributed by atoms with Crippen molar-refractivity contribution in [3.8, 4) is 0 Å². The van der Waals surface area contributed by atoms with E-state index in [-0.39, 0.29) is 0 Å². The second-order valence-corrected chi connectivity index (χ2v) is 6.20. The molecule has 0 saturated carbocycles. The van der Waals surface area contributed by atoms with E-state index in [1.807, 2.05) is 6.92 Å². The molecule has 0 heterocycles. The number of aryl methyl sites for hydroxylation is 1. The van der Waals surface area contributed by atoms with Crippen molar-refractivity contribution in [3.05, 3.63) is 35.4 Å². The number of alkyl halides is 1. The molecule has 0 N–H and O–H groups in total. The molecule has 0 amide bonds. The van der Waals surface area contributed by atoms with Crippen molar-refractivity contribution in [1.82, 2.24) is 0 Å². The minimum Gasteiger partial charge on any atom is -0.291 e. The van der Waals surface area contributed by atoms with E-state index in [4.69, 9.17) is 11.6 Å². The maximum Gasteiger partial charge on any atom is 0.197 e. The molecule has 1 rings (SSSR count). The minimum absolute atomic E-state index is 0.311. The van der Waals surface area contributed by atoms with Gasteiger partial charge < -0.3 is 0 Å². The first-order chi connectivity index (χ1) is 6.82. The smallest absolute Gasteiger partial charge is 0.197 e. The number of carbonyl (C=O) groups is 1. The number of sulfone groups is 1. The molecule has 0 aromatic heterocycles. The summed E-state index contributed by atoms with van der Waals surface area (Å²) in [6.07, 6.45) is 0.941. The van der Waals surface area contributed by atoms with Gasteiger partial charge in [0.1, 0.15) is 0 Å². The molecule has 1 atom stereocenters. The van der Waals surface area contributed by atoms with E-state index < -0.39 is 20.3 Å². The van der Waals surface area contributed by atoms with Crippen molar-refractivity contribution in [2.24, 2.45) is 0 Å². The molecular weight excluding hydrogens is 236 g/mol. The van der Waals surface area contributed by atoms with E-state index in [1.54, 1.807) is 24.3 Å². The fourth-order valence-electron chi connectivity index (χ4n) is 1.04. The monoisotopic (exact) mass is 246 g/mol. The third-order valence-corrected chi connectivity index (χ3v) is 4.05. The molecule has 0 aliphatic rings. The highest BCUT2D eigenvalue weighted by molar-refractivity contribution is 7.93. The Morgan fingerprint density at radius 2 is 1.73 bits per heavy atom. The summed E-state index contributed by atoms with van der Waals surface area (Å²) in [6.45, 7) is 1.88. The maximum atomic E-state index is 11.6. The van der Waals surface area contributed by atoms with Crippen molar-refractivity contribution in [2.75, 3.05) is 6.26 Å². The number of halogens is 1. The van der Waals surface area contributed by atoms with Crippen LogP contribution in [0.5, 0.6) is 0 Å². The third kappa shape index (κ3) is 3.04. The Kier molecular flexibility index (Phi) is 3.52. The van der Waals surface area contributed by atoms with Crippen LogP contribution >= 0.6 is 11.6 Å². The number of hydrogen-bond acceptors (Lipinski definition) is 3. The largest absolute Gasteiger partial charge is 0.291 e. The summed E-state index contributed by atoms with van der Waals surface area (Å²) in [5.74, 6) is -0.584. The van der Waals surface area contributed by atoms with Gasteiger partial charge in [0, 0.05) is 11.8 Å². The lowest BCUT2D eigenvalue weighted by atomic mass is 10.1. The first-order valence-corrected chi connectivity index (χ1v) is 6.65. The quantitative estimate of drug-likeness (QED) is 0.604. The summed E-state index contributed by atoms with van der Waals surface area (Å²) in [7, 11) is -3.54. The van der Waals surface area contributed by atoms with Gasteiger partial charge in [-0.2, -0.15) is 0 Å². The van der Waals surface area contributed by atoms with Crippen LogP contribution in [0.2, 0.25) is 0 Å². The first-order valence-electron chi connectivity index (χ1n) is 4.26. The van der Waals surface area contributed by atoms with Crippen LogP contribution in [-0.2, 0) is 9.84 Å². The number of ketones is 1. The molecule has 3 nitrogen and oxygen atoms in total. The van der Waals surface area contributed by atoms with Crippen LogP contribution in [0.4, 0.5) is 0 Å². The molecule has 0 spiro atoms. The van der Waals surface area contributed by atoms with Gasteiger partial charge in [0.15, 0.2) is 20.3 Å². The molecule has 15 heavy (non-hydrogen) atoms. The topological polar surface area (TPSA) is 51.2 Å². The zero-order valence-corrected chi connectivity index (χ0v) is 9.97. The van der Waals surface area contributed by atoms with E-state index >= 15 is 0 Å². The standard InChI is InChI=1S/C10H11ClO3S/c1-7-3-5-8(6-4-7)9(12)10(11)15(2,13)14/h3-6,10H,1-2H3/t10-/m1/s1. The molecule has 5 heteroatoms. The zero-order valence-electron chi connectivity index (χ0n) is 8.40. The molecule has 1 aromatic rings. The fraction of sp³-hybridized carbons (Fsp3) is 0.300. The fourth-order valence-corrected chi connectivity index (χ4v) is 1.69. The SMILES string of the molecule is Cc1ccc(C(=O)[C@H](Cl)S(C)(=O)=O)cc1. The van der Waals surface area contributed by atoms with Crippen LogP contribution in [-0.4, -0.2) is 25.2 Å². The van der Waals surface area contributed by atoms with Crippen molar-refractivity contribution in [1.29, 1.82) is 0 Å². The Morgan fingerprint density at radius 3 is 2.13 bits per heavy atom. The van der Waals surface area contributed by atoms with Gasteiger partial charge >= 0.3 is 0 Å². The van der Waals surface area contributed by atoms with Gasteiger partial charge in [0.05, 0.1) is 0 Å². The highest BCUT2D eigenvalue weighted by Gasteiger charge is 2.26. The first kappa shape index (κ1) is 12.2. The van der Waals surface area contributed by atoms with Crippen LogP contribution < -0.4 is 0 Å². The predicted molar refractivity (Wildman–Crippen MR) is 60.0 cm³/mol. The van der Waals surface area contributed by atoms with Crippen molar-refractivity contribution in [3.63, 3.8) is 0 Å². The predicted octanol–water partition coefficient (Wildman–Crippen LogP) is 1.79. The van der Waals surface area contributed by atoms with Gasteiger partial charge in [-0.15, -0.1) is 0 Å². The van der Waals surface area contributed by atoms with E-state index in [0.717, 1.165) is 11.8 Å². The summed E-state index contributed by atoms with van der Waals surface area (Å²) in [5, 5.41) is 0. The summed E-state index contributed by atoms with van der Waals surface area (Å²) in [6, 6.07) is 6.61. The lowest BCUT2D eigenvalue weighted by Crippen LogP contribution is -2.23. The number of rotatable bonds is 3. The van der Waals surface area contributed by atoms with Crippen LogP contribution in [0.15, 0.2) is 24.3 Å². The maximum absolute atomic E-state index is 11.6. The second kappa shape index (κ2) is 4.33. The summed E-state index contributed by atoms with van der Waals surface area (Å²) in [5.41, 5.74) is 1.31.